The molecule has 214 valence electrons. The fourth-order valence-corrected chi connectivity index (χ4v) is 4.81. The largest absolute Gasteiger partial charge is 0.493 e. The first-order valence-corrected chi connectivity index (χ1v) is 14.5. The smallest absolute Gasteiger partial charge is 0.272 e. The third-order valence-electron chi connectivity index (χ3n) is 5.84. The number of thioether (sulfide) groups is 1. The van der Waals surface area contributed by atoms with Gasteiger partial charge in [0.05, 0.1) is 20.0 Å². The van der Waals surface area contributed by atoms with Gasteiger partial charge in [-0.05, 0) is 78.4 Å². The minimum absolute atomic E-state index is 0.0306. The number of benzene rings is 4. The van der Waals surface area contributed by atoms with E-state index >= 15 is 0 Å². The van der Waals surface area contributed by atoms with Crippen molar-refractivity contribution >= 4 is 62.9 Å². The molecule has 42 heavy (non-hydrogen) atoms. The van der Waals surface area contributed by atoms with E-state index in [0.29, 0.717) is 34.0 Å². The molecule has 0 fully saturated rings. The molecule has 0 aliphatic carbocycles. The second kappa shape index (κ2) is 14.9. The number of halogens is 1. The fourth-order valence-electron chi connectivity index (χ4n) is 3.79. The van der Waals surface area contributed by atoms with Gasteiger partial charge >= 0.3 is 0 Å². The Bertz CT molecular complexity index is 1590. The SMILES string of the molecule is COc1ccc(/C=C(/NC(=O)c2ccccc2)C(=O)Nc2cccc(SCC(=O)Nc3ccc(Br)cc3)c2)cc1OC. The lowest BCUT2D eigenvalue weighted by molar-refractivity contribution is -0.114. The maximum absolute atomic E-state index is 13.4. The summed E-state index contributed by atoms with van der Waals surface area (Å²) >= 11 is 4.71. The molecule has 0 spiro atoms. The van der Waals surface area contributed by atoms with Gasteiger partial charge in [0.15, 0.2) is 11.5 Å². The Labute approximate surface area is 256 Å². The minimum atomic E-state index is -0.524. The molecule has 3 amide bonds. The van der Waals surface area contributed by atoms with Crippen LogP contribution in [0.1, 0.15) is 15.9 Å². The first kappa shape index (κ1) is 30.4. The monoisotopic (exact) mass is 645 g/mol. The highest BCUT2D eigenvalue weighted by atomic mass is 79.9. The van der Waals surface area contributed by atoms with Crippen molar-refractivity contribution in [3.05, 3.63) is 118 Å². The van der Waals surface area contributed by atoms with E-state index < -0.39 is 11.8 Å². The van der Waals surface area contributed by atoms with E-state index in [-0.39, 0.29) is 17.4 Å². The molecule has 4 aromatic carbocycles. The molecule has 0 bridgehead atoms. The first-order valence-electron chi connectivity index (χ1n) is 12.7. The number of carbonyl (C=O) groups is 3. The van der Waals surface area contributed by atoms with Crippen molar-refractivity contribution in [2.75, 3.05) is 30.6 Å². The Kier molecular flexibility index (Phi) is 10.8. The molecule has 0 aliphatic heterocycles. The van der Waals surface area contributed by atoms with E-state index in [1.54, 1.807) is 72.8 Å². The summed E-state index contributed by atoms with van der Waals surface area (Å²) < 4.78 is 11.6. The second-order valence-corrected chi connectivity index (χ2v) is 10.8. The summed E-state index contributed by atoms with van der Waals surface area (Å²) in [6.07, 6.45) is 1.56. The number of hydrogen-bond acceptors (Lipinski definition) is 6. The van der Waals surface area contributed by atoms with E-state index in [4.69, 9.17) is 9.47 Å². The average Bonchev–Trinajstić information content (AvgIpc) is 3.01. The van der Waals surface area contributed by atoms with Crippen molar-refractivity contribution in [1.82, 2.24) is 5.32 Å². The zero-order valence-electron chi connectivity index (χ0n) is 22.8. The van der Waals surface area contributed by atoms with Crippen LogP contribution in [-0.4, -0.2) is 37.7 Å². The van der Waals surface area contributed by atoms with Gasteiger partial charge in [-0.2, -0.15) is 0 Å². The van der Waals surface area contributed by atoms with E-state index in [1.165, 1.54) is 26.0 Å². The molecule has 4 rings (SSSR count). The van der Waals surface area contributed by atoms with Crippen molar-refractivity contribution in [3.63, 3.8) is 0 Å². The molecule has 0 radical (unpaired) electrons. The summed E-state index contributed by atoms with van der Waals surface area (Å²) in [5.41, 5.74) is 2.26. The molecular weight excluding hydrogens is 618 g/mol. The molecule has 0 unspecified atom stereocenters. The lowest BCUT2D eigenvalue weighted by Gasteiger charge is -2.13. The average molecular weight is 647 g/mol. The predicted octanol–water partition coefficient (Wildman–Crippen LogP) is 6.61. The number of rotatable bonds is 11. The highest BCUT2D eigenvalue weighted by molar-refractivity contribution is 9.10. The molecule has 0 aliphatic rings. The van der Waals surface area contributed by atoms with Crippen LogP contribution in [0.2, 0.25) is 0 Å². The molecule has 0 aromatic heterocycles. The Hall–Kier alpha value is -4.54. The van der Waals surface area contributed by atoms with Crippen LogP contribution in [0.15, 0.2) is 112 Å². The van der Waals surface area contributed by atoms with Gasteiger partial charge in [0.25, 0.3) is 11.8 Å². The van der Waals surface area contributed by atoms with Crippen LogP contribution in [-0.2, 0) is 9.59 Å². The lowest BCUT2D eigenvalue weighted by Crippen LogP contribution is -2.30. The van der Waals surface area contributed by atoms with Gasteiger partial charge in [0.2, 0.25) is 5.91 Å². The van der Waals surface area contributed by atoms with Crippen LogP contribution in [0, 0.1) is 0 Å². The lowest BCUT2D eigenvalue weighted by atomic mass is 10.1. The number of anilines is 2. The third kappa shape index (κ3) is 8.73. The van der Waals surface area contributed by atoms with Crippen LogP contribution in [0.5, 0.6) is 11.5 Å². The van der Waals surface area contributed by atoms with Crippen molar-refractivity contribution in [1.29, 1.82) is 0 Å². The second-order valence-electron chi connectivity index (χ2n) is 8.82. The summed E-state index contributed by atoms with van der Waals surface area (Å²) in [4.78, 5) is 39.6. The number of methoxy groups -OCH3 is 2. The number of hydrogen-bond donors (Lipinski definition) is 3. The third-order valence-corrected chi connectivity index (χ3v) is 7.36. The maximum Gasteiger partial charge on any atom is 0.272 e. The summed E-state index contributed by atoms with van der Waals surface area (Å²) in [6.45, 7) is 0. The van der Waals surface area contributed by atoms with Gasteiger partial charge in [-0.15, -0.1) is 11.8 Å². The summed E-state index contributed by atoms with van der Waals surface area (Å²) in [7, 11) is 3.05. The Morgan fingerprint density at radius 3 is 2.24 bits per heavy atom. The van der Waals surface area contributed by atoms with Crippen LogP contribution < -0.4 is 25.4 Å². The minimum Gasteiger partial charge on any atom is -0.493 e. The summed E-state index contributed by atoms with van der Waals surface area (Å²) in [5.74, 6) is 0.0943. The van der Waals surface area contributed by atoms with Crippen LogP contribution >= 0.6 is 27.7 Å². The normalized spacial score (nSPS) is 10.9. The topological polar surface area (TPSA) is 106 Å². The summed E-state index contributed by atoms with van der Waals surface area (Å²) in [6, 6.07) is 28.3. The fraction of sp³-hybridized carbons (Fsp3) is 0.0938. The van der Waals surface area contributed by atoms with E-state index in [2.05, 4.69) is 31.9 Å². The van der Waals surface area contributed by atoms with Crippen LogP contribution in [0.3, 0.4) is 0 Å². The predicted molar refractivity (Wildman–Crippen MR) is 170 cm³/mol. The number of nitrogens with one attached hydrogen (secondary N) is 3. The zero-order chi connectivity index (χ0) is 29.9. The number of amides is 3. The Morgan fingerprint density at radius 2 is 1.52 bits per heavy atom. The van der Waals surface area contributed by atoms with Crippen molar-refractivity contribution in [2.24, 2.45) is 0 Å². The van der Waals surface area contributed by atoms with Gasteiger partial charge in [0, 0.05) is 26.3 Å². The van der Waals surface area contributed by atoms with Gasteiger partial charge in [-0.1, -0.05) is 46.3 Å². The van der Waals surface area contributed by atoms with E-state index in [0.717, 1.165) is 9.37 Å². The molecule has 10 heteroatoms. The quantitative estimate of drug-likeness (QED) is 0.125. The molecule has 0 saturated heterocycles. The molecule has 4 aromatic rings. The van der Waals surface area contributed by atoms with Gasteiger partial charge in [0.1, 0.15) is 5.70 Å². The zero-order valence-corrected chi connectivity index (χ0v) is 25.3. The molecule has 3 N–H and O–H groups in total. The van der Waals surface area contributed by atoms with Gasteiger partial charge in [-0.25, -0.2) is 0 Å². The number of ether oxygens (including phenoxy) is 2. The van der Waals surface area contributed by atoms with Crippen LogP contribution in [0.25, 0.3) is 6.08 Å². The molecule has 0 saturated carbocycles. The molecule has 8 nitrogen and oxygen atoms in total. The van der Waals surface area contributed by atoms with Gasteiger partial charge < -0.3 is 25.4 Å². The van der Waals surface area contributed by atoms with Crippen LogP contribution in [0.4, 0.5) is 11.4 Å². The Balaban J connectivity index is 1.49. The molecule has 0 heterocycles. The Morgan fingerprint density at radius 1 is 0.786 bits per heavy atom. The summed E-state index contributed by atoms with van der Waals surface area (Å²) in [5, 5.41) is 8.43. The molecular formula is C32H28BrN3O5S. The maximum atomic E-state index is 13.4. The first-order chi connectivity index (χ1) is 20.3. The van der Waals surface area contributed by atoms with Gasteiger partial charge in [-0.3, -0.25) is 14.4 Å². The van der Waals surface area contributed by atoms with E-state index in [1.807, 2.05) is 30.3 Å². The standard InChI is InChI=1S/C32H28BrN3O5S/c1-40-28-16-11-21(18-29(28)41-2)17-27(36-31(38)22-7-4-3-5-8-22)32(39)35-25-9-6-10-26(19-25)42-20-30(37)34-24-14-12-23(33)13-15-24/h3-19H,20H2,1-2H3,(H,34,37)(H,35,39)(H,36,38)/b27-17+. The molecule has 0 atom stereocenters. The van der Waals surface area contributed by atoms with E-state index in [9.17, 15) is 14.4 Å². The van der Waals surface area contributed by atoms with Crippen molar-refractivity contribution in [3.8, 4) is 11.5 Å². The van der Waals surface area contributed by atoms with Crippen molar-refractivity contribution < 1.29 is 23.9 Å². The highest BCUT2D eigenvalue weighted by Crippen LogP contribution is 2.29. The highest BCUT2D eigenvalue weighted by Gasteiger charge is 2.16. The number of carbonyl (C=O) groups excluding carboxylic acids is 3. The van der Waals surface area contributed by atoms with Crippen molar-refractivity contribution in [2.45, 2.75) is 4.90 Å².